The number of alkyl halides is 2. The molecule has 2 aliphatic carbocycles. The number of halogens is 2. The molecule has 3 aromatic heterocycles. The van der Waals surface area contributed by atoms with Crippen LogP contribution < -0.4 is 16.2 Å². The van der Waals surface area contributed by atoms with Gasteiger partial charge < -0.3 is 15.7 Å². The molecule has 36 heavy (non-hydrogen) atoms. The lowest BCUT2D eigenvalue weighted by atomic mass is 9.86. The highest BCUT2D eigenvalue weighted by atomic mass is 32.1. The minimum Gasteiger partial charge on any atom is -0.481 e. The van der Waals surface area contributed by atoms with Crippen LogP contribution in [0.2, 0.25) is 0 Å². The Morgan fingerprint density at radius 3 is 2.72 bits per heavy atom. The van der Waals surface area contributed by atoms with E-state index in [4.69, 9.17) is 0 Å². The number of carboxylic acids is 1. The van der Waals surface area contributed by atoms with Gasteiger partial charge in [-0.05, 0) is 56.2 Å². The van der Waals surface area contributed by atoms with Gasteiger partial charge in [-0.1, -0.05) is 0 Å². The van der Waals surface area contributed by atoms with Gasteiger partial charge in [0.15, 0.2) is 0 Å². The van der Waals surface area contributed by atoms with Crippen LogP contribution in [0.5, 0.6) is 0 Å². The average Bonchev–Trinajstić information content (AvgIpc) is 3.35. The first-order chi connectivity index (χ1) is 17.1. The molecule has 9 nitrogen and oxygen atoms in total. The van der Waals surface area contributed by atoms with E-state index in [0.29, 0.717) is 35.5 Å². The molecule has 1 amide bonds. The largest absolute Gasteiger partial charge is 0.481 e. The first kappa shape index (κ1) is 23.0. The van der Waals surface area contributed by atoms with Gasteiger partial charge in [-0.25, -0.2) is 18.7 Å². The normalized spacial score (nSPS) is 21.8. The van der Waals surface area contributed by atoms with E-state index >= 15 is 0 Å². The number of anilines is 2. The summed E-state index contributed by atoms with van der Waals surface area (Å²) in [5.41, 5.74) is 0.241. The van der Waals surface area contributed by atoms with Crippen LogP contribution in [0.25, 0.3) is 10.2 Å². The second kappa shape index (κ2) is 7.79. The van der Waals surface area contributed by atoms with Gasteiger partial charge in [0, 0.05) is 17.7 Å². The Balaban J connectivity index is 1.43. The molecule has 12 heteroatoms. The zero-order valence-electron chi connectivity index (χ0n) is 19.4. The van der Waals surface area contributed by atoms with Gasteiger partial charge in [0.25, 0.3) is 11.5 Å². The number of carboxylic acid groups (broad SMARTS) is 1. The van der Waals surface area contributed by atoms with E-state index in [1.807, 2.05) is 0 Å². The molecule has 1 saturated carbocycles. The number of nitrogens with zero attached hydrogens (tertiary/aromatic N) is 3. The topological polar surface area (TPSA) is 126 Å². The number of nitrogens with one attached hydrogen (secondary N) is 2. The molecule has 0 aromatic carbocycles. The molecule has 4 heterocycles. The van der Waals surface area contributed by atoms with Crippen LogP contribution in [0.4, 0.5) is 20.3 Å². The molecular weight excluding hydrogens is 492 g/mol. The van der Waals surface area contributed by atoms with Gasteiger partial charge in [-0.2, -0.15) is 0 Å². The Morgan fingerprint density at radius 2 is 2.00 bits per heavy atom. The van der Waals surface area contributed by atoms with Crippen LogP contribution in [-0.4, -0.2) is 37.4 Å². The minimum atomic E-state index is -2.82. The SMILES string of the molecule is Cc1cc(Nc2ncnc3sc4c(c23)CC[C@H](C(=O)O)C4)c(=O)n2c1C(=O)NC21CCC(F)(F)CC1. The summed E-state index contributed by atoms with van der Waals surface area (Å²) in [6.45, 7) is 1.71. The van der Waals surface area contributed by atoms with Crippen molar-refractivity contribution in [3.63, 3.8) is 0 Å². The molecule has 3 aliphatic rings. The summed E-state index contributed by atoms with van der Waals surface area (Å²) < 4.78 is 29.2. The molecule has 1 spiro atoms. The van der Waals surface area contributed by atoms with E-state index < -0.39 is 47.8 Å². The molecule has 1 aliphatic heterocycles. The van der Waals surface area contributed by atoms with E-state index in [0.717, 1.165) is 15.8 Å². The van der Waals surface area contributed by atoms with E-state index in [9.17, 15) is 28.3 Å². The van der Waals surface area contributed by atoms with Crippen LogP contribution in [0, 0.1) is 12.8 Å². The fraction of sp³-hybridized carbons (Fsp3) is 0.458. The van der Waals surface area contributed by atoms with Crippen LogP contribution >= 0.6 is 11.3 Å². The number of hydrogen-bond donors (Lipinski definition) is 3. The fourth-order valence-corrected chi connectivity index (χ4v) is 7.04. The Hall–Kier alpha value is -3.41. The van der Waals surface area contributed by atoms with Crippen molar-refractivity contribution in [1.82, 2.24) is 19.9 Å². The van der Waals surface area contributed by atoms with Crippen LogP contribution in [0.1, 0.15) is 58.6 Å². The Kier molecular flexibility index (Phi) is 4.98. The smallest absolute Gasteiger partial charge is 0.306 e. The number of rotatable bonds is 3. The summed E-state index contributed by atoms with van der Waals surface area (Å²) >= 11 is 1.43. The van der Waals surface area contributed by atoms with Gasteiger partial charge in [0.1, 0.15) is 34.0 Å². The summed E-state index contributed by atoms with van der Waals surface area (Å²) in [6, 6.07) is 1.58. The number of hydrogen-bond acceptors (Lipinski definition) is 7. The summed E-state index contributed by atoms with van der Waals surface area (Å²) in [5.74, 6) is -4.10. The number of aryl methyl sites for hydroxylation is 2. The highest BCUT2D eigenvalue weighted by Crippen LogP contribution is 2.44. The van der Waals surface area contributed by atoms with Crippen molar-refractivity contribution in [3.05, 3.63) is 44.4 Å². The summed E-state index contributed by atoms with van der Waals surface area (Å²) in [6.07, 6.45) is 1.96. The van der Waals surface area contributed by atoms with Crippen LogP contribution in [-0.2, 0) is 23.3 Å². The third-order valence-electron chi connectivity index (χ3n) is 7.64. The molecule has 1 atom stereocenters. The van der Waals surface area contributed by atoms with E-state index in [-0.39, 0.29) is 24.2 Å². The molecule has 3 aromatic rings. The lowest BCUT2D eigenvalue weighted by Crippen LogP contribution is -2.51. The van der Waals surface area contributed by atoms with Crippen molar-refractivity contribution >= 4 is 44.9 Å². The molecule has 0 saturated heterocycles. The average molecular weight is 516 g/mol. The molecule has 0 bridgehead atoms. The van der Waals surface area contributed by atoms with Gasteiger partial charge in [-0.3, -0.25) is 19.0 Å². The zero-order valence-corrected chi connectivity index (χ0v) is 20.2. The Labute approximate surface area is 207 Å². The van der Waals surface area contributed by atoms with Crippen LogP contribution in [0.15, 0.2) is 17.2 Å². The first-order valence-electron chi connectivity index (χ1n) is 11.8. The number of fused-ring (bicyclic) bond motifs is 5. The summed E-state index contributed by atoms with van der Waals surface area (Å²) in [7, 11) is 0. The van der Waals surface area contributed by atoms with Crippen molar-refractivity contribution in [2.75, 3.05) is 5.32 Å². The predicted octanol–water partition coefficient (Wildman–Crippen LogP) is 3.70. The van der Waals surface area contributed by atoms with Crippen molar-refractivity contribution in [3.8, 4) is 0 Å². The molecule has 3 N–H and O–H groups in total. The second-order valence-corrected chi connectivity index (χ2v) is 11.0. The highest BCUT2D eigenvalue weighted by Gasteiger charge is 2.51. The van der Waals surface area contributed by atoms with E-state index in [2.05, 4.69) is 20.6 Å². The van der Waals surface area contributed by atoms with Crippen molar-refractivity contribution in [2.24, 2.45) is 5.92 Å². The fourth-order valence-electron chi connectivity index (χ4n) is 5.77. The molecule has 0 unspecified atom stereocenters. The lowest BCUT2D eigenvalue weighted by Gasteiger charge is -2.38. The van der Waals surface area contributed by atoms with Crippen LogP contribution in [0.3, 0.4) is 0 Å². The molecule has 188 valence electrons. The summed E-state index contributed by atoms with van der Waals surface area (Å²) in [5, 5.41) is 16.1. The van der Waals surface area contributed by atoms with E-state index in [1.54, 1.807) is 13.0 Å². The third kappa shape index (κ3) is 3.41. The van der Waals surface area contributed by atoms with E-state index in [1.165, 1.54) is 22.2 Å². The van der Waals surface area contributed by atoms with Gasteiger partial charge in [0.2, 0.25) is 5.92 Å². The standard InChI is InChI=1S/C24H23F2N5O4S/c1-11-8-14(21(33)31-17(11)19(32)30-24(31)6-4-23(25,26)5-7-24)29-18-16-13-3-2-12(22(34)35)9-15(13)36-20(16)28-10-27-18/h8,10,12H,2-7,9H2,1H3,(H,30,32)(H,34,35)(H,27,28,29)/t12-/m0/s1. The zero-order chi connectivity index (χ0) is 25.4. The molecule has 6 rings (SSSR count). The number of aliphatic carboxylic acids is 1. The number of aromatic nitrogens is 3. The predicted molar refractivity (Wildman–Crippen MR) is 128 cm³/mol. The van der Waals surface area contributed by atoms with Gasteiger partial charge in [0.05, 0.1) is 11.3 Å². The molecule has 0 radical (unpaired) electrons. The Morgan fingerprint density at radius 1 is 1.25 bits per heavy atom. The second-order valence-electron chi connectivity index (χ2n) is 9.88. The summed E-state index contributed by atoms with van der Waals surface area (Å²) in [4.78, 5) is 48.3. The lowest BCUT2D eigenvalue weighted by molar-refractivity contribution is -0.142. The third-order valence-corrected chi connectivity index (χ3v) is 8.80. The number of carbonyl (C=O) groups is 2. The van der Waals surface area contributed by atoms with Gasteiger partial charge in [-0.15, -0.1) is 11.3 Å². The van der Waals surface area contributed by atoms with Crippen molar-refractivity contribution in [1.29, 1.82) is 0 Å². The quantitative estimate of drug-likeness (QED) is 0.486. The number of thiophene rings is 1. The maximum absolute atomic E-state index is 13.9. The minimum absolute atomic E-state index is 0.0396. The molecular formula is C24H23F2N5O4S. The maximum Gasteiger partial charge on any atom is 0.306 e. The highest BCUT2D eigenvalue weighted by molar-refractivity contribution is 7.19. The monoisotopic (exact) mass is 515 g/mol. The number of amides is 1. The molecule has 1 fully saturated rings. The van der Waals surface area contributed by atoms with Crippen molar-refractivity contribution < 1.29 is 23.5 Å². The van der Waals surface area contributed by atoms with Crippen molar-refractivity contribution in [2.45, 2.75) is 63.5 Å². The first-order valence-corrected chi connectivity index (χ1v) is 12.6. The maximum atomic E-state index is 13.9. The van der Waals surface area contributed by atoms with Gasteiger partial charge >= 0.3 is 5.97 Å². The number of pyridine rings is 1. The number of carbonyl (C=O) groups excluding carboxylic acids is 1. The Bertz CT molecular complexity index is 1500.